The van der Waals surface area contributed by atoms with Gasteiger partial charge in [-0.1, -0.05) is 32.9 Å². The van der Waals surface area contributed by atoms with Crippen LogP contribution in [0.4, 0.5) is 0 Å². The molecule has 0 spiro atoms. The highest BCUT2D eigenvalue weighted by Crippen LogP contribution is 2.59. The number of aliphatic hydroxyl groups excluding tert-OH is 1. The zero-order chi connectivity index (χ0) is 21.7. The van der Waals surface area contributed by atoms with Gasteiger partial charge in [-0.2, -0.15) is 0 Å². The Balaban J connectivity index is 2.14. The number of allylic oxidation sites excluding steroid dienone is 1. The first-order valence-corrected chi connectivity index (χ1v) is 10.8. The first-order valence-electron chi connectivity index (χ1n) is 10.8. The Labute approximate surface area is 174 Å². The zero-order valence-electron chi connectivity index (χ0n) is 18.7. The minimum atomic E-state index is -0.531. The van der Waals surface area contributed by atoms with Crippen molar-refractivity contribution < 1.29 is 24.2 Å². The van der Waals surface area contributed by atoms with Gasteiger partial charge in [0.05, 0.1) is 6.10 Å². The smallest absolute Gasteiger partial charge is 0.303 e. The Kier molecular flexibility index (Phi) is 5.76. The summed E-state index contributed by atoms with van der Waals surface area (Å²) < 4.78 is 11.6. The number of carbonyl (C=O) groups excluding carboxylic acids is 2. The molecule has 0 radical (unpaired) electrons. The van der Waals surface area contributed by atoms with Crippen molar-refractivity contribution in [2.24, 2.45) is 22.7 Å². The fourth-order valence-corrected chi connectivity index (χ4v) is 6.65. The maximum Gasteiger partial charge on any atom is 0.303 e. The van der Waals surface area contributed by atoms with Crippen LogP contribution in [0.15, 0.2) is 23.3 Å². The predicted octanol–water partition coefficient (Wildman–Crippen LogP) is 4.34. The van der Waals surface area contributed by atoms with Gasteiger partial charge < -0.3 is 14.6 Å². The molecule has 0 aromatic rings. The van der Waals surface area contributed by atoms with E-state index in [0.717, 1.165) is 30.4 Å². The van der Waals surface area contributed by atoms with Gasteiger partial charge in [0.2, 0.25) is 0 Å². The van der Waals surface area contributed by atoms with E-state index in [1.807, 2.05) is 0 Å². The van der Waals surface area contributed by atoms with E-state index in [-0.39, 0.29) is 46.8 Å². The summed E-state index contributed by atoms with van der Waals surface area (Å²) in [4.78, 5) is 23.8. The first kappa shape index (κ1) is 22.1. The molecule has 1 N–H and O–H groups in total. The quantitative estimate of drug-likeness (QED) is 0.547. The Bertz CT molecular complexity index is 748. The second kappa shape index (κ2) is 7.57. The van der Waals surface area contributed by atoms with Crippen LogP contribution in [0.3, 0.4) is 0 Å². The molecule has 0 unspecified atom stereocenters. The number of rotatable bonds is 2. The molecular formula is C24H36O5. The highest BCUT2D eigenvalue weighted by atomic mass is 16.5. The molecule has 0 heterocycles. The number of aliphatic hydroxyl groups is 1. The Hall–Kier alpha value is -1.62. The van der Waals surface area contributed by atoms with Crippen molar-refractivity contribution >= 4 is 11.9 Å². The molecule has 0 amide bonds. The van der Waals surface area contributed by atoms with Crippen LogP contribution in [0.5, 0.6) is 0 Å². The number of hydrogen-bond acceptors (Lipinski definition) is 5. The molecule has 5 heteroatoms. The van der Waals surface area contributed by atoms with Gasteiger partial charge >= 0.3 is 11.9 Å². The van der Waals surface area contributed by atoms with Crippen LogP contribution < -0.4 is 0 Å². The van der Waals surface area contributed by atoms with Gasteiger partial charge in [0, 0.05) is 25.7 Å². The summed E-state index contributed by atoms with van der Waals surface area (Å²) in [7, 11) is 0. The van der Waals surface area contributed by atoms with Crippen molar-refractivity contribution in [3.8, 4) is 0 Å². The lowest BCUT2D eigenvalue weighted by molar-refractivity contribution is -0.168. The average molecular weight is 405 g/mol. The summed E-state index contributed by atoms with van der Waals surface area (Å²) in [6.45, 7) is 15.8. The number of ether oxygens (including phenoxy) is 2. The maximum atomic E-state index is 12.2. The summed E-state index contributed by atoms with van der Waals surface area (Å²) in [5.41, 5.74) is 2.61. The normalized spacial score (nSPS) is 39.1. The number of carbonyl (C=O) groups is 2. The third-order valence-corrected chi connectivity index (χ3v) is 7.78. The maximum absolute atomic E-state index is 12.2. The monoisotopic (exact) mass is 404 g/mol. The largest absolute Gasteiger partial charge is 0.462 e. The molecule has 2 saturated carbocycles. The van der Waals surface area contributed by atoms with Gasteiger partial charge in [-0.05, 0) is 61.0 Å². The molecule has 3 aliphatic carbocycles. The van der Waals surface area contributed by atoms with Gasteiger partial charge in [0.15, 0.2) is 0 Å². The van der Waals surface area contributed by atoms with E-state index in [0.29, 0.717) is 12.8 Å². The zero-order valence-corrected chi connectivity index (χ0v) is 18.7. The molecule has 162 valence electrons. The lowest BCUT2D eigenvalue weighted by Gasteiger charge is -2.57. The van der Waals surface area contributed by atoms with Crippen molar-refractivity contribution in [3.05, 3.63) is 23.3 Å². The van der Waals surface area contributed by atoms with Gasteiger partial charge in [-0.3, -0.25) is 9.59 Å². The molecule has 2 bridgehead atoms. The molecule has 0 saturated heterocycles. The Morgan fingerprint density at radius 1 is 1.10 bits per heavy atom. The van der Waals surface area contributed by atoms with Gasteiger partial charge in [-0.25, -0.2) is 0 Å². The molecule has 0 aromatic carbocycles. The standard InChI is InChI=1S/C24H36O5/c1-13-8-9-17-22(29-16(4)26)21-14(2)19(28-15(3)25)10-11-24(21,7)12-18(27)20(13)23(17,5)6/h17-19,21-22,27H,2,8-12H2,1,3-7H3/t17-,18-,19-,21-,22+,24-/m0/s1. The van der Waals surface area contributed by atoms with Gasteiger partial charge in [-0.15, -0.1) is 0 Å². The first-order chi connectivity index (χ1) is 13.4. The minimum Gasteiger partial charge on any atom is -0.462 e. The molecule has 0 aliphatic heterocycles. The van der Waals surface area contributed by atoms with Crippen LogP contribution in [0, 0.1) is 22.7 Å². The molecule has 6 atom stereocenters. The topological polar surface area (TPSA) is 72.8 Å². The van der Waals surface area contributed by atoms with Crippen LogP contribution in [-0.4, -0.2) is 35.4 Å². The summed E-state index contributed by atoms with van der Waals surface area (Å²) in [6, 6.07) is 0. The van der Waals surface area contributed by atoms with Crippen LogP contribution in [0.1, 0.15) is 73.6 Å². The highest BCUT2D eigenvalue weighted by molar-refractivity contribution is 5.67. The predicted molar refractivity (Wildman–Crippen MR) is 111 cm³/mol. The summed E-state index contributed by atoms with van der Waals surface area (Å²) in [5.74, 6) is -0.724. The second-order valence-electron chi connectivity index (χ2n) is 10.2. The molecule has 3 aliphatic rings. The van der Waals surface area contributed by atoms with Gasteiger partial charge in [0.25, 0.3) is 0 Å². The lowest BCUT2D eigenvalue weighted by atomic mass is 9.50. The van der Waals surface area contributed by atoms with E-state index in [2.05, 4.69) is 34.3 Å². The van der Waals surface area contributed by atoms with Crippen molar-refractivity contribution in [3.63, 3.8) is 0 Å². The number of hydrogen-bond donors (Lipinski definition) is 1. The summed E-state index contributed by atoms with van der Waals surface area (Å²) >= 11 is 0. The van der Waals surface area contributed by atoms with Crippen molar-refractivity contribution in [2.45, 2.75) is 92.0 Å². The SMILES string of the molecule is C=C1[C@@H](OC(C)=O)CC[C@@]2(C)C[C@H](O)C3=C(C)CC[C@@H]([C@@H](OC(C)=O)[C@H]12)C3(C)C. The van der Waals surface area contributed by atoms with Crippen molar-refractivity contribution in [1.82, 2.24) is 0 Å². The minimum absolute atomic E-state index is 0.0669. The summed E-state index contributed by atoms with van der Waals surface area (Å²) in [5, 5.41) is 11.3. The second-order valence-corrected chi connectivity index (χ2v) is 10.2. The third-order valence-electron chi connectivity index (χ3n) is 7.78. The third kappa shape index (κ3) is 3.78. The van der Waals surface area contributed by atoms with E-state index in [1.54, 1.807) is 0 Å². The number of fused-ring (bicyclic) bond motifs is 3. The van der Waals surface area contributed by atoms with E-state index in [1.165, 1.54) is 19.4 Å². The molecular weight excluding hydrogens is 368 g/mol. The average Bonchev–Trinajstić information content (AvgIpc) is 2.55. The number of esters is 2. The van der Waals surface area contributed by atoms with E-state index in [9.17, 15) is 14.7 Å². The van der Waals surface area contributed by atoms with Crippen LogP contribution in [-0.2, 0) is 19.1 Å². The molecule has 5 nitrogen and oxygen atoms in total. The highest BCUT2D eigenvalue weighted by Gasteiger charge is 2.57. The Morgan fingerprint density at radius 3 is 2.31 bits per heavy atom. The van der Waals surface area contributed by atoms with E-state index < -0.39 is 6.10 Å². The van der Waals surface area contributed by atoms with E-state index in [4.69, 9.17) is 9.47 Å². The van der Waals surface area contributed by atoms with Crippen molar-refractivity contribution in [2.75, 3.05) is 0 Å². The lowest BCUT2D eigenvalue weighted by Crippen LogP contribution is -2.56. The van der Waals surface area contributed by atoms with Crippen LogP contribution in [0.25, 0.3) is 0 Å². The molecule has 3 rings (SSSR count). The molecule has 29 heavy (non-hydrogen) atoms. The van der Waals surface area contributed by atoms with E-state index >= 15 is 0 Å². The van der Waals surface area contributed by atoms with Gasteiger partial charge in [0.1, 0.15) is 12.2 Å². The van der Waals surface area contributed by atoms with Crippen molar-refractivity contribution in [1.29, 1.82) is 0 Å². The molecule has 0 aromatic heterocycles. The Morgan fingerprint density at radius 2 is 1.72 bits per heavy atom. The summed E-state index contributed by atoms with van der Waals surface area (Å²) in [6.07, 6.45) is 2.57. The molecule has 2 fully saturated rings. The fraction of sp³-hybridized carbons (Fsp3) is 0.750. The fourth-order valence-electron chi connectivity index (χ4n) is 6.65. The van der Waals surface area contributed by atoms with Crippen LogP contribution in [0.2, 0.25) is 0 Å². The van der Waals surface area contributed by atoms with Crippen LogP contribution >= 0.6 is 0 Å².